The average molecular weight is 263 g/mol. The molecule has 0 bridgehead atoms. The Labute approximate surface area is 109 Å². The number of aryl methyl sites for hydroxylation is 2. The van der Waals surface area contributed by atoms with Gasteiger partial charge in [0, 0.05) is 12.1 Å². The minimum Gasteiger partial charge on any atom is -0.326 e. The molecule has 1 N–H and O–H groups in total. The molecular formula is C14H14FNOS. The normalized spacial score (nSPS) is 10.3. The molecule has 0 saturated heterocycles. The number of nitrogens with one attached hydrogen (secondary N) is 1. The van der Waals surface area contributed by atoms with Crippen molar-refractivity contribution in [3.05, 3.63) is 52.0 Å². The summed E-state index contributed by atoms with van der Waals surface area (Å²) in [5.41, 5.74) is 2.24. The van der Waals surface area contributed by atoms with Crippen LogP contribution in [-0.4, -0.2) is 5.91 Å². The Kier molecular flexibility index (Phi) is 4.10. The van der Waals surface area contributed by atoms with Crippen LogP contribution in [-0.2, 0) is 11.2 Å². The first-order valence-electron chi connectivity index (χ1n) is 5.72. The highest BCUT2D eigenvalue weighted by atomic mass is 32.1. The molecule has 0 fully saturated rings. The van der Waals surface area contributed by atoms with Crippen LogP contribution in [0, 0.1) is 12.7 Å². The van der Waals surface area contributed by atoms with Crippen molar-refractivity contribution in [1.29, 1.82) is 0 Å². The molecule has 2 nitrogen and oxygen atoms in total. The third-order valence-corrected chi connectivity index (χ3v) is 3.41. The van der Waals surface area contributed by atoms with E-state index >= 15 is 0 Å². The molecular weight excluding hydrogens is 249 g/mol. The van der Waals surface area contributed by atoms with Crippen LogP contribution in [0.5, 0.6) is 0 Å². The van der Waals surface area contributed by atoms with Crippen LogP contribution in [0.3, 0.4) is 0 Å². The van der Waals surface area contributed by atoms with Crippen molar-refractivity contribution in [3.63, 3.8) is 0 Å². The lowest BCUT2D eigenvalue weighted by atomic mass is 10.2. The minimum atomic E-state index is -0.300. The fourth-order valence-corrected chi connectivity index (χ4v) is 2.29. The molecule has 0 aliphatic heterocycles. The van der Waals surface area contributed by atoms with Gasteiger partial charge in [-0.3, -0.25) is 4.79 Å². The van der Waals surface area contributed by atoms with E-state index in [-0.39, 0.29) is 11.7 Å². The van der Waals surface area contributed by atoms with E-state index in [0.717, 1.165) is 5.56 Å². The van der Waals surface area contributed by atoms with E-state index < -0.39 is 0 Å². The lowest BCUT2D eigenvalue weighted by molar-refractivity contribution is -0.116. The van der Waals surface area contributed by atoms with E-state index in [4.69, 9.17) is 0 Å². The summed E-state index contributed by atoms with van der Waals surface area (Å²) < 4.78 is 13.3. The number of hydrogen-bond donors (Lipinski definition) is 1. The van der Waals surface area contributed by atoms with Gasteiger partial charge in [-0.2, -0.15) is 11.3 Å². The monoisotopic (exact) mass is 263 g/mol. The van der Waals surface area contributed by atoms with E-state index in [2.05, 4.69) is 5.32 Å². The summed E-state index contributed by atoms with van der Waals surface area (Å²) in [6, 6.07) is 6.71. The number of benzene rings is 1. The zero-order chi connectivity index (χ0) is 13.0. The van der Waals surface area contributed by atoms with E-state index in [1.807, 2.05) is 16.8 Å². The Morgan fingerprint density at radius 2 is 2.22 bits per heavy atom. The van der Waals surface area contributed by atoms with Gasteiger partial charge in [0.15, 0.2) is 0 Å². The summed E-state index contributed by atoms with van der Waals surface area (Å²) in [7, 11) is 0. The third kappa shape index (κ3) is 3.40. The predicted molar refractivity (Wildman–Crippen MR) is 72.4 cm³/mol. The van der Waals surface area contributed by atoms with E-state index in [1.54, 1.807) is 30.4 Å². The highest BCUT2D eigenvalue weighted by Crippen LogP contribution is 2.14. The molecule has 0 atom stereocenters. The molecule has 94 valence electrons. The summed E-state index contributed by atoms with van der Waals surface area (Å²) >= 11 is 1.62. The lowest BCUT2D eigenvalue weighted by Crippen LogP contribution is -2.12. The minimum absolute atomic E-state index is 0.0931. The second-order valence-electron chi connectivity index (χ2n) is 4.14. The number of halogens is 1. The Morgan fingerprint density at radius 3 is 2.89 bits per heavy atom. The zero-order valence-corrected chi connectivity index (χ0v) is 10.9. The first-order chi connectivity index (χ1) is 8.65. The third-order valence-electron chi connectivity index (χ3n) is 2.68. The lowest BCUT2D eigenvalue weighted by Gasteiger charge is -2.05. The Balaban J connectivity index is 1.88. The van der Waals surface area contributed by atoms with Crippen LogP contribution >= 0.6 is 11.3 Å². The van der Waals surface area contributed by atoms with Crippen molar-refractivity contribution in [2.45, 2.75) is 19.8 Å². The maximum absolute atomic E-state index is 13.3. The van der Waals surface area contributed by atoms with Crippen LogP contribution in [0.4, 0.5) is 10.1 Å². The predicted octanol–water partition coefficient (Wildman–Crippen LogP) is 3.77. The quantitative estimate of drug-likeness (QED) is 0.894. The molecule has 1 amide bonds. The highest BCUT2D eigenvalue weighted by molar-refractivity contribution is 7.07. The van der Waals surface area contributed by atoms with Gasteiger partial charge in [-0.05, 0) is 53.4 Å². The van der Waals surface area contributed by atoms with Gasteiger partial charge in [0.2, 0.25) is 5.91 Å². The highest BCUT2D eigenvalue weighted by Gasteiger charge is 2.05. The fourth-order valence-electron chi connectivity index (χ4n) is 1.59. The van der Waals surface area contributed by atoms with Crippen molar-refractivity contribution in [1.82, 2.24) is 0 Å². The van der Waals surface area contributed by atoms with Crippen molar-refractivity contribution in [3.8, 4) is 0 Å². The van der Waals surface area contributed by atoms with Crippen LogP contribution < -0.4 is 5.32 Å². The topological polar surface area (TPSA) is 29.1 Å². The molecule has 0 aliphatic rings. The van der Waals surface area contributed by atoms with Gasteiger partial charge in [-0.1, -0.05) is 6.07 Å². The van der Waals surface area contributed by atoms with E-state index in [1.165, 1.54) is 6.07 Å². The maximum atomic E-state index is 13.3. The largest absolute Gasteiger partial charge is 0.326 e. The van der Waals surface area contributed by atoms with Gasteiger partial charge >= 0.3 is 0 Å². The van der Waals surface area contributed by atoms with Gasteiger partial charge in [0.05, 0.1) is 0 Å². The Hall–Kier alpha value is -1.68. The molecule has 1 aromatic carbocycles. The summed E-state index contributed by atoms with van der Waals surface area (Å²) in [6.45, 7) is 1.69. The summed E-state index contributed by atoms with van der Waals surface area (Å²) in [4.78, 5) is 11.7. The van der Waals surface area contributed by atoms with Crippen molar-refractivity contribution < 1.29 is 9.18 Å². The van der Waals surface area contributed by atoms with Crippen LogP contribution in [0.2, 0.25) is 0 Å². The van der Waals surface area contributed by atoms with Crippen molar-refractivity contribution >= 4 is 22.9 Å². The molecule has 18 heavy (non-hydrogen) atoms. The molecule has 1 heterocycles. The SMILES string of the molecule is Cc1ccc(NC(=O)CCc2ccsc2)cc1F. The second-order valence-corrected chi connectivity index (χ2v) is 4.92. The molecule has 2 rings (SSSR count). The maximum Gasteiger partial charge on any atom is 0.224 e. The molecule has 4 heteroatoms. The molecule has 0 radical (unpaired) electrons. The number of rotatable bonds is 4. The molecule has 0 unspecified atom stereocenters. The fraction of sp³-hybridized carbons (Fsp3) is 0.214. The summed E-state index contributed by atoms with van der Waals surface area (Å²) in [5, 5.41) is 6.71. The van der Waals surface area contributed by atoms with E-state index in [0.29, 0.717) is 24.1 Å². The Bertz CT molecular complexity index is 537. The number of carbonyl (C=O) groups excluding carboxylic acids is 1. The first kappa shape index (κ1) is 12.8. The van der Waals surface area contributed by atoms with Crippen LogP contribution in [0.1, 0.15) is 17.5 Å². The van der Waals surface area contributed by atoms with Crippen molar-refractivity contribution in [2.24, 2.45) is 0 Å². The first-order valence-corrected chi connectivity index (χ1v) is 6.66. The number of amides is 1. The van der Waals surface area contributed by atoms with Gasteiger partial charge in [-0.15, -0.1) is 0 Å². The van der Waals surface area contributed by atoms with Gasteiger partial charge < -0.3 is 5.32 Å². The number of thiophene rings is 1. The van der Waals surface area contributed by atoms with Crippen LogP contribution in [0.25, 0.3) is 0 Å². The van der Waals surface area contributed by atoms with Crippen molar-refractivity contribution in [2.75, 3.05) is 5.32 Å². The summed E-state index contributed by atoms with van der Waals surface area (Å²) in [6.07, 6.45) is 1.12. The number of hydrogen-bond acceptors (Lipinski definition) is 2. The molecule has 1 aromatic heterocycles. The Morgan fingerprint density at radius 1 is 1.39 bits per heavy atom. The van der Waals surface area contributed by atoms with Gasteiger partial charge in [-0.25, -0.2) is 4.39 Å². The molecule has 2 aromatic rings. The summed E-state index contributed by atoms with van der Waals surface area (Å²) in [5.74, 6) is -0.393. The number of anilines is 1. The van der Waals surface area contributed by atoms with Crippen LogP contribution in [0.15, 0.2) is 35.0 Å². The molecule has 0 saturated carbocycles. The zero-order valence-electron chi connectivity index (χ0n) is 10.1. The van der Waals surface area contributed by atoms with Gasteiger partial charge in [0.1, 0.15) is 5.82 Å². The standard InChI is InChI=1S/C14H14FNOS/c1-10-2-4-12(8-13(10)15)16-14(17)5-3-11-6-7-18-9-11/h2,4,6-9H,3,5H2,1H3,(H,16,17). The smallest absolute Gasteiger partial charge is 0.224 e. The molecule has 0 aliphatic carbocycles. The van der Waals surface area contributed by atoms with Gasteiger partial charge in [0.25, 0.3) is 0 Å². The number of carbonyl (C=O) groups is 1. The average Bonchev–Trinajstić information content (AvgIpc) is 2.84. The molecule has 0 spiro atoms. The van der Waals surface area contributed by atoms with E-state index in [9.17, 15) is 9.18 Å². The second kappa shape index (κ2) is 5.78.